The zero-order chi connectivity index (χ0) is 23.7. The molecule has 0 radical (unpaired) electrons. The van der Waals surface area contributed by atoms with E-state index < -0.39 is 36.1 Å². The Kier molecular flexibility index (Phi) is 5.78. The number of amides is 2. The standard InChI is InChI=1S/C27H24N4O3/c1-17-25(20-11-3-2-4-12-20)34-27(33)31(17)26(32)24(29-30-28)23-21-13-7-5-9-18(21)15-16-19-10-6-8-14-22(19)23/h2-14,17,23-25H,15-16H2,1H3/t17-,24?,25-/m1/s1. The number of aryl methyl sites for hydroxylation is 2. The third-order valence-electron chi connectivity index (χ3n) is 6.82. The number of hydrogen-bond acceptors (Lipinski definition) is 4. The van der Waals surface area contributed by atoms with Crippen molar-refractivity contribution in [3.63, 3.8) is 0 Å². The fraction of sp³-hybridized carbons (Fsp3) is 0.259. The minimum absolute atomic E-state index is 0.505. The highest BCUT2D eigenvalue weighted by Gasteiger charge is 2.47. The van der Waals surface area contributed by atoms with E-state index >= 15 is 0 Å². The minimum Gasteiger partial charge on any atom is -0.439 e. The average Bonchev–Trinajstić information content (AvgIpc) is 3.06. The van der Waals surface area contributed by atoms with Gasteiger partial charge in [-0.3, -0.25) is 4.79 Å². The van der Waals surface area contributed by atoms with Crippen molar-refractivity contribution in [2.45, 2.75) is 43.9 Å². The first kappa shape index (κ1) is 21.7. The summed E-state index contributed by atoms with van der Waals surface area (Å²) in [4.78, 5) is 31.0. The number of hydrogen-bond donors (Lipinski definition) is 0. The molecule has 3 atom stereocenters. The Labute approximate surface area is 197 Å². The molecule has 1 saturated heterocycles. The number of fused-ring (bicyclic) bond motifs is 2. The van der Waals surface area contributed by atoms with E-state index in [1.165, 1.54) is 0 Å². The number of azide groups is 1. The van der Waals surface area contributed by atoms with E-state index in [-0.39, 0.29) is 0 Å². The van der Waals surface area contributed by atoms with E-state index in [0.29, 0.717) is 0 Å². The van der Waals surface area contributed by atoms with Crippen LogP contribution in [-0.4, -0.2) is 29.0 Å². The fourth-order valence-corrected chi connectivity index (χ4v) is 5.21. The highest BCUT2D eigenvalue weighted by Crippen LogP contribution is 2.40. The molecular weight excluding hydrogens is 428 g/mol. The Balaban J connectivity index is 1.58. The van der Waals surface area contributed by atoms with Gasteiger partial charge >= 0.3 is 6.09 Å². The van der Waals surface area contributed by atoms with Gasteiger partial charge in [-0.15, -0.1) is 0 Å². The second-order valence-corrected chi connectivity index (χ2v) is 8.69. The molecule has 2 aliphatic rings. The van der Waals surface area contributed by atoms with Crippen molar-refractivity contribution in [1.29, 1.82) is 0 Å². The zero-order valence-corrected chi connectivity index (χ0v) is 18.7. The normalized spacial score (nSPS) is 20.4. The van der Waals surface area contributed by atoms with E-state index in [0.717, 1.165) is 45.6 Å². The molecule has 0 saturated carbocycles. The van der Waals surface area contributed by atoms with Crippen LogP contribution in [0.2, 0.25) is 0 Å². The van der Waals surface area contributed by atoms with Crippen molar-refractivity contribution >= 4 is 12.0 Å². The van der Waals surface area contributed by atoms with E-state index in [9.17, 15) is 15.1 Å². The average molecular weight is 453 g/mol. The van der Waals surface area contributed by atoms with Crippen LogP contribution in [0.25, 0.3) is 10.4 Å². The molecule has 1 aliphatic heterocycles. The molecule has 1 aliphatic carbocycles. The molecule has 3 aromatic carbocycles. The molecule has 0 N–H and O–H groups in total. The largest absolute Gasteiger partial charge is 0.439 e. The van der Waals surface area contributed by atoms with Gasteiger partial charge in [0.05, 0.1) is 6.04 Å². The lowest BCUT2D eigenvalue weighted by Gasteiger charge is -2.29. The van der Waals surface area contributed by atoms with Gasteiger partial charge in [0.1, 0.15) is 12.1 Å². The highest BCUT2D eigenvalue weighted by atomic mass is 16.6. The molecule has 2 amide bonds. The van der Waals surface area contributed by atoms with Crippen LogP contribution >= 0.6 is 0 Å². The maximum atomic E-state index is 13.9. The maximum absolute atomic E-state index is 13.9. The Morgan fingerprint density at radius 3 is 2.12 bits per heavy atom. The summed E-state index contributed by atoms with van der Waals surface area (Å²) in [6, 6.07) is 23.5. The summed E-state index contributed by atoms with van der Waals surface area (Å²) in [5, 5.41) is 3.98. The number of imide groups is 1. The maximum Gasteiger partial charge on any atom is 0.417 e. The van der Waals surface area contributed by atoms with Crippen molar-refractivity contribution in [2.75, 3.05) is 0 Å². The number of benzene rings is 3. The SMILES string of the molecule is C[C@@H]1[C@H](c2ccccc2)OC(=O)N1C(=O)C(N=[N+]=[N-])C1c2ccccc2CCc2ccccc21. The van der Waals surface area contributed by atoms with Gasteiger partial charge in [-0.2, -0.15) is 0 Å². The summed E-state index contributed by atoms with van der Waals surface area (Å²) in [6.07, 6.45) is 0.329. The fourth-order valence-electron chi connectivity index (χ4n) is 5.21. The number of carbonyl (C=O) groups excluding carboxylic acids is 2. The highest BCUT2D eigenvalue weighted by molar-refractivity contribution is 5.97. The lowest BCUT2D eigenvalue weighted by atomic mass is 9.82. The van der Waals surface area contributed by atoms with Crippen LogP contribution in [-0.2, 0) is 22.4 Å². The lowest BCUT2D eigenvalue weighted by molar-refractivity contribution is -0.130. The van der Waals surface area contributed by atoms with Gasteiger partial charge in [0, 0.05) is 10.8 Å². The van der Waals surface area contributed by atoms with Crippen LogP contribution in [0.1, 0.15) is 46.8 Å². The van der Waals surface area contributed by atoms with Crippen LogP contribution in [0.4, 0.5) is 4.79 Å². The van der Waals surface area contributed by atoms with Crippen molar-refractivity contribution in [3.05, 3.63) is 117 Å². The summed E-state index contributed by atoms with van der Waals surface area (Å²) in [5.74, 6) is -1.06. The lowest BCUT2D eigenvalue weighted by Crippen LogP contribution is -2.45. The molecular formula is C27H24N4O3. The van der Waals surface area contributed by atoms with Crippen molar-refractivity contribution in [1.82, 2.24) is 4.90 Å². The van der Waals surface area contributed by atoms with Crippen molar-refractivity contribution in [2.24, 2.45) is 5.11 Å². The summed E-state index contributed by atoms with van der Waals surface area (Å²) in [6.45, 7) is 1.78. The van der Waals surface area contributed by atoms with Crippen LogP contribution in [0, 0.1) is 0 Å². The number of carbonyl (C=O) groups is 2. The smallest absolute Gasteiger partial charge is 0.417 e. The van der Waals surface area contributed by atoms with Crippen LogP contribution in [0.3, 0.4) is 0 Å². The number of cyclic esters (lactones) is 1. The van der Waals surface area contributed by atoms with Crippen molar-refractivity contribution < 1.29 is 14.3 Å². The third kappa shape index (κ3) is 3.70. The van der Waals surface area contributed by atoms with E-state index in [1.54, 1.807) is 6.92 Å². The topological polar surface area (TPSA) is 95.4 Å². The van der Waals surface area contributed by atoms with Gasteiger partial charge < -0.3 is 4.74 Å². The Morgan fingerprint density at radius 1 is 0.971 bits per heavy atom. The van der Waals surface area contributed by atoms with Gasteiger partial charge in [0.2, 0.25) is 5.91 Å². The summed E-state index contributed by atoms with van der Waals surface area (Å²) < 4.78 is 5.60. The predicted octanol–water partition coefficient (Wildman–Crippen LogP) is 5.70. The van der Waals surface area contributed by atoms with Gasteiger partial charge in [0.25, 0.3) is 0 Å². The molecule has 7 nitrogen and oxygen atoms in total. The molecule has 1 heterocycles. The molecule has 1 fully saturated rings. The minimum atomic E-state index is -1.13. The first-order valence-corrected chi connectivity index (χ1v) is 11.4. The first-order chi connectivity index (χ1) is 16.6. The second kappa shape index (κ2) is 9.04. The third-order valence-corrected chi connectivity index (χ3v) is 6.82. The monoisotopic (exact) mass is 452 g/mol. The molecule has 7 heteroatoms. The summed E-state index contributed by atoms with van der Waals surface area (Å²) in [7, 11) is 0. The molecule has 0 aromatic heterocycles. The summed E-state index contributed by atoms with van der Waals surface area (Å²) >= 11 is 0. The van der Waals surface area contributed by atoms with E-state index in [2.05, 4.69) is 10.0 Å². The zero-order valence-electron chi connectivity index (χ0n) is 18.7. The quantitative estimate of drug-likeness (QED) is 0.288. The Hall–Kier alpha value is -4.09. The van der Waals surface area contributed by atoms with Gasteiger partial charge in [-0.25, -0.2) is 9.69 Å². The summed E-state index contributed by atoms with van der Waals surface area (Å²) in [5.41, 5.74) is 14.4. The van der Waals surface area contributed by atoms with E-state index in [4.69, 9.17) is 4.74 Å². The second-order valence-electron chi connectivity index (χ2n) is 8.69. The molecule has 34 heavy (non-hydrogen) atoms. The van der Waals surface area contributed by atoms with Gasteiger partial charge in [-0.05, 0) is 53.1 Å². The van der Waals surface area contributed by atoms with Crippen LogP contribution in [0.15, 0.2) is 84.0 Å². The molecule has 0 spiro atoms. The Bertz CT molecular complexity index is 1240. The van der Waals surface area contributed by atoms with Crippen LogP contribution < -0.4 is 0 Å². The van der Waals surface area contributed by atoms with E-state index in [1.807, 2.05) is 78.9 Å². The number of ether oxygens (including phenoxy) is 1. The van der Waals surface area contributed by atoms with Crippen molar-refractivity contribution in [3.8, 4) is 0 Å². The predicted molar refractivity (Wildman–Crippen MR) is 127 cm³/mol. The van der Waals surface area contributed by atoms with Crippen LogP contribution in [0.5, 0.6) is 0 Å². The molecule has 170 valence electrons. The number of nitrogens with zero attached hydrogens (tertiary/aromatic N) is 4. The Morgan fingerprint density at radius 2 is 1.53 bits per heavy atom. The van der Waals surface area contributed by atoms with Gasteiger partial charge in [0.15, 0.2) is 0 Å². The molecule has 1 unspecified atom stereocenters. The number of rotatable bonds is 4. The molecule has 3 aromatic rings. The first-order valence-electron chi connectivity index (χ1n) is 11.4. The molecule has 0 bridgehead atoms. The molecule has 5 rings (SSSR count). The van der Waals surface area contributed by atoms with Gasteiger partial charge in [-0.1, -0.05) is 84.0 Å².